The molecule has 1 saturated carbocycles. The summed E-state index contributed by atoms with van der Waals surface area (Å²) in [4.78, 5) is 13.5. The third kappa shape index (κ3) is 4.28. The van der Waals surface area contributed by atoms with Gasteiger partial charge in [-0.25, -0.2) is 0 Å². The fourth-order valence-corrected chi connectivity index (χ4v) is 2.86. The van der Waals surface area contributed by atoms with E-state index in [0.717, 1.165) is 12.8 Å². The van der Waals surface area contributed by atoms with Gasteiger partial charge < -0.3 is 10.4 Å². The van der Waals surface area contributed by atoms with Crippen molar-refractivity contribution >= 4 is 5.91 Å². The Labute approximate surface area is 104 Å². The molecule has 4 heteroatoms. The maximum Gasteiger partial charge on any atom is 0.217 e. The summed E-state index contributed by atoms with van der Waals surface area (Å²) >= 11 is 0. The van der Waals surface area contributed by atoms with E-state index >= 15 is 0 Å². The molecule has 0 aliphatic heterocycles. The fraction of sp³-hybridized carbons (Fsp3) is 0.923. The molecule has 1 fully saturated rings. The monoisotopic (exact) mass is 242 g/mol. The first-order valence-corrected chi connectivity index (χ1v) is 6.70. The summed E-state index contributed by atoms with van der Waals surface area (Å²) in [6.07, 6.45) is 4.57. The van der Waals surface area contributed by atoms with E-state index < -0.39 is 0 Å². The highest BCUT2D eigenvalue weighted by atomic mass is 16.3. The van der Waals surface area contributed by atoms with Crippen molar-refractivity contribution in [2.45, 2.75) is 64.6 Å². The summed E-state index contributed by atoms with van der Waals surface area (Å²) in [5, 5.41) is 12.2. The number of amides is 1. The molecular weight excluding hydrogens is 216 g/mol. The Morgan fingerprint density at radius 2 is 2.06 bits per heavy atom. The molecule has 2 N–H and O–H groups in total. The maximum atomic E-state index is 11.2. The summed E-state index contributed by atoms with van der Waals surface area (Å²) in [7, 11) is 0. The molecule has 0 aromatic rings. The fourth-order valence-electron chi connectivity index (χ4n) is 2.86. The standard InChI is InChI=1S/C13H26N2O2/c1-10(2)15(8-9-16)13-7-5-4-6-12(13)14-11(3)17/h10,12-13,16H,4-9H2,1-3H3,(H,14,17)/t12-,13-/m1/s1. The van der Waals surface area contributed by atoms with E-state index in [4.69, 9.17) is 5.11 Å². The Morgan fingerprint density at radius 3 is 2.59 bits per heavy atom. The number of nitrogens with one attached hydrogen (secondary N) is 1. The average molecular weight is 242 g/mol. The van der Waals surface area contributed by atoms with Gasteiger partial charge in [0.25, 0.3) is 0 Å². The van der Waals surface area contributed by atoms with Crippen LogP contribution in [-0.2, 0) is 4.79 Å². The molecule has 0 bridgehead atoms. The van der Waals surface area contributed by atoms with Crippen LogP contribution < -0.4 is 5.32 Å². The van der Waals surface area contributed by atoms with E-state index in [-0.39, 0.29) is 18.6 Å². The highest BCUT2D eigenvalue weighted by Crippen LogP contribution is 2.24. The topological polar surface area (TPSA) is 52.6 Å². The van der Waals surface area contributed by atoms with Crippen molar-refractivity contribution in [3.05, 3.63) is 0 Å². The van der Waals surface area contributed by atoms with Gasteiger partial charge in [-0.2, -0.15) is 0 Å². The zero-order valence-electron chi connectivity index (χ0n) is 11.3. The summed E-state index contributed by atoms with van der Waals surface area (Å²) in [6.45, 7) is 6.75. The lowest BCUT2D eigenvalue weighted by Gasteiger charge is -2.42. The Kier molecular flexibility index (Phi) is 5.92. The van der Waals surface area contributed by atoms with Crippen LogP contribution >= 0.6 is 0 Å². The normalized spacial score (nSPS) is 25.3. The first kappa shape index (κ1) is 14.5. The molecule has 1 aliphatic carbocycles. The lowest BCUT2D eigenvalue weighted by atomic mass is 9.88. The van der Waals surface area contributed by atoms with Crippen molar-refractivity contribution in [2.24, 2.45) is 0 Å². The zero-order valence-corrected chi connectivity index (χ0v) is 11.3. The SMILES string of the molecule is CC(=O)N[C@@H]1CCCC[C@H]1N(CCO)C(C)C. The van der Waals surface area contributed by atoms with Crippen LogP contribution in [-0.4, -0.2) is 47.2 Å². The van der Waals surface area contributed by atoms with Gasteiger partial charge in [-0.05, 0) is 26.7 Å². The van der Waals surface area contributed by atoms with Gasteiger partial charge in [0.2, 0.25) is 5.91 Å². The summed E-state index contributed by atoms with van der Waals surface area (Å²) in [5.41, 5.74) is 0. The molecule has 0 saturated heterocycles. The van der Waals surface area contributed by atoms with E-state index in [2.05, 4.69) is 24.1 Å². The molecule has 1 aliphatic rings. The second-order valence-electron chi connectivity index (χ2n) is 5.21. The second-order valence-corrected chi connectivity index (χ2v) is 5.21. The third-order valence-electron chi connectivity index (χ3n) is 3.57. The number of carbonyl (C=O) groups excluding carboxylic acids is 1. The van der Waals surface area contributed by atoms with Crippen LogP contribution in [0.3, 0.4) is 0 Å². The average Bonchev–Trinajstić information content (AvgIpc) is 2.26. The smallest absolute Gasteiger partial charge is 0.217 e. The van der Waals surface area contributed by atoms with Gasteiger partial charge in [-0.1, -0.05) is 12.8 Å². The van der Waals surface area contributed by atoms with Crippen molar-refractivity contribution < 1.29 is 9.90 Å². The van der Waals surface area contributed by atoms with E-state index in [1.807, 2.05) is 0 Å². The molecule has 0 spiro atoms. The van der Waals surface area contributed by atoms with Gasteiger partial charge in [-0.3, -0.25) is 9.69 Å². The lowest BCUT2D eigenvalue weighted by Crippen LogP contribution is -2.55. The molecule has 0 aromatic carbocycles. The van der Waals surface area contributed by atoms with Gasteiger partial charge >= 0.3 is 0 Å². The summed E-state index contributed by atoms with van der Waals surface area (Å²) in [6, 6.07) is 1.02. The summed E-state index contributed by atoms with van der Waals surface area (Å²) < 4.78 is 0. The maximum absolute atomic E-state index is 11.2. The number of hydrogen-bond acceptors (Lipinski definition) is 3. The first-order valence-electron chi connectivity index (χ1n) is 6.70. The minimum atomic E-state index is 0.0506. The zero-order chi connectivity index (χ0) is 12.8. The molecule has 17 heavy (non-hydrogen) atoms. The van der Waals surface area contributed by atoms with Crippen molar-refractivity contribution in [2.75, 3.05) is 13.2 Å². The Hall–Kier alpha value is -0.610. The molecule has 2 atom stereocenters. The molecule has 1 rings (SSSR count). The molecule has 0 unspecified atom stereocenters. The van der Waals surface area contributed by atoms with Crippen LogP contribution in [0.25, 0.3) is 0 Å². The predicted molar refractivity (Wildman–Crippen MR) is 68.8 cm³/mol. The third-order valence-corrected chi connectivity index (χ3v) is 3.57. The van der Waals surface area contributed by atoms with Gasteiger partial charge in [0.15, 0.2) is 0 Å². The highest BCUT2D eigenvalue weighted by Gasteiger charge is 2.31. The number of aliphatic hydroxyl groups is 1. The number of hydrogen-bond donors (Lipinski definition) is 2. The highest BCUT2D eigenvalue weighted by molar-refractivity contribution is 5.73. The van der Waals surface area contributed by atoms with Crippen molar-refractivity contribution in [1.29, 1.82) is 0 Å². The second kappa shape index (κ2) is 6.97. The van der Waals surface area contributed by atoms with E-state index in [1.165, 1.54) is 12.8 Å². The van der Waals surface area contributed by atoms with Crippen LogP contribution in [0.1, 0.15) is 46.5 Å². The van der Waals surface area contributed by atoms with Crippen LogP contribution in [0.15, 0.2) is 0 Å². The number of nitrogens with zero attached hydrogens (tertiary/aromatic N) is 1. The molecule has 100 valence electrons. The van der Waals surface area contributed by atoms with Crippen LogP contribution in [0.4, 0.5) is 0 Å². The largest absolute Gasteiger partial charge is 0.395 e. The first-order chi connectivity index (χ1) is 8.06. The van der Waals surface area contributed by atoms with Crippen molar-refractivity contribution in [3.8, 4) is 0 Å². The van der Waals surface area contributed by atoms with E-state index in [0.29, 0.717) is 18.6 Å². The van der Waals surface area contributed by atoms with E-state index in [9.17, 15) is 4.79 Å². The predicted octanol–water partition coefficient (Wildman–Crippen LogP) is 1.14. The molecule has 0 aromatic heterocycles. The van der Waals surface area contributed by atoms with Gasteiger partial charge in [0.1, 0.15) is 0 Å². The summed E-state index contributed by atoms with van der Waals surface area (Å²) in [5.74, 6) is 0.0506. The van der Waals surface area contributed by atoms with Gasteiger partial charge in [0, 0.05) is 31.6 Å². The van der Waals surface area contributed by atoms with Crippen LogP contribution in [0.5, 0.6) is 0 Å². The van der Waals surface area contributed by atoms with Gasteiger partial charge in [-0.15, -0.1) is 0 Å². The molecule has 0 radical (unpaired) electrons. The van der Waals surface area contributed by atoms with E-state index in [1.54, 1.807) is 6.92 Å². The molecule has 4 nitrogen and oxygen atoms in total. The quantitative estimate of drug-likeness (QED) is 0.760. The minimum Gasteiger partial charge on any atom is -0.395 e. The van der Waals surface area contributed by atoms with Crippen molar-refractivity contribution in [3.63, 3.8) is 0 Å². The molecular formula is C13H26N2O2. The van der Waals surface area contributed by atoms with Crippen molar-refractivity contribution in [1.82, 2.24) is 10.2 Å². The Morgan fingerprint density at radius 1 is 1.41 bits per heavy atom. The number of carbonyl (C=O) groups is 1. The molecule has 0 heterocycles. The molecule has 1 amide bonds. The Balaban J connectivity index is 2.69. The van der Waals surface area contributed by atoms with Gasteiger partial charge in [0.05, 0.1) is 6.61 Å². The minimum absolute atomic E-state index is 0.0506. The van der Waals surface area contributed by atoms with Crippen LogP contribution in [0, 0.1) is 0 Å². The number of rotatable bonds is 5. The number of aliphatic hydroxyl groups excluding tert-OH is 1. The lowest BCUT2D eigenvalue weighted by molar-refractivity contribution is -0.120. The Bertz CT molecular complexity index is 244. The van der Waals surface area contributed by atoms with Crippen LogP contribution in [0.2, 0.25) is 0 Å².